The topological polar surface area (TPSA) is 128 Å². The van der Waals surface area contributed by atoms with Crippen molar-refractivity contribution in [1.29, 1.82) is 0 Å². The molecule has 3 N–H and O–H groups in total. The number of carbonyl (C=O) groups excluding carboxylic acids is 2. The highest BCUT2D eigenvalue weighted by molar-refractivity contribution is 7.78. The summed E-state index contributed by atoms with van der Waals surface area (Å²) >= 11 is -1.89. The maximum atomic E-state index is 12.2. The number of anilines is 1. The quantitative estimate of drug-likeness (QED) is 0.309. The lowest BCUT2D eigenvalue weighted by atomic mass is 9.87. The number of amides is 1. The largest absolute Gasteiger partial charge is 0.341 e. The van der Waals surface area contributed by atoms with Crippen molar-refractivity contribution in [2.24, 2.45) is 11.0 Å². The fourth-order valence-corrected chi connectivity index (χ4v) is 4.60. The Bertz CT molecular complexity index is 1210. The van der Waals surface area contributed by atoms with E-state index in [9.17, 15) is 13.8 Å². The van der Waals surface area contributed by atoms with Crippen molar-refractivity contribution >= 4 is 34.7 Å². The molecular weight excluding hydrogens is 466 g/mol. The van der Waals surface area contributed by atoms with E-state index in [-0.39, 0.29) is 23.6 Å². The molecule has 0 aliphatic carbocycles. The molecule has 0 fully saturated rings. The molecule has 0 bridgehead atoms. The van der Waals surface area contributed by atoms with E-state index in [1.54, 1.807) is 0 Å². The average Bonchev–Trinajstić information content (AvgIpc) is 3.40. The van der Waals surface area contributed by atoms with Crippen LogP contribution in [0.3, 0.4) is 0 Å². The van der Waals surface area contributed by atoms with Crippen LogP contribution in [0.1, 0.15) is 46.9 Å². The number of aromatic amines is 1. The smallest absolute Gasteiger partial charge is 0.273 e. The van der Waals surface area contributed by atoms with Crippen LogP contribution in [-0.2, 0) is 28.2 Å². The van der Waals surface area contributed by atoms with Crippen LogP contribution < -0.4 is 5.32 Å². The van der Waals surface area contributed by atoms with Gasteiger partial charge in [-0.3, -0.25) is 9.80 Å². The second-order valence-corrected chi connectivity index (χ2v) is 9.34. The van der Waals surface area contributed by atoms with Crippen LogP contribution in [0.2, 0.25) is 0 Å². The lowest BCUT2D eigenvalue weighted by Crippen LogP contribution is -2.41. The Morgan fingerprint density at radius 1 is 1.20 bits per heavy atom. The summed E-state index contributed by atoms with van der Waals surface area (Å²) < 4.78 is 20.2. The van der Waals surface area contributed by atoms with Crippen molar-refractivity contribution in [3.05, 3.63) is 83.4 Å². The second-order valence-electron chi connectivity index (χ2n) is 8.41. The number of aromatic nitrogens is 2. The summed E-state index contributed by atoms with van der Waals surface area (Å²) in [5.41, 5.74) is 4.61. The number of benzene rings is 2. The van der Waals surface area contributed by atoms with Crippen molar-refractivity contribution in [2.45, 2.75) is 38.1 Å². The number of hydrogen-bond donors (Lipinski definition) is 3. The number of nitrogens with one attached hydrogen (secondary N) is 2. The van der Waals surface area contributed by atoms with E-state index in [2.05, 4.69) is 22.2 Å². The highest BCUT2D eigenvalue weighted by atomic mass is 32.2. The molecule has 9 nitrogen and oxygen atoms in total. The molecule has 1 aliphatic rings. The monoisotopic (exact) mass is 493 g/mol. The molecule has 4 rings (SSSR count). The zero-order chi connectivity index (χ0) is 24.8. The van der Waals surface area contributed by atoms with Crippen LogP contribution in [0.4, 0.5) is 5.69 Å². The third kappa shape index (κ3) is 6.09. The van der Waals surface area contributed by atoms with Gasteiger partial charge in [-0.15, -0.1) is 0 Å². The molecule has 3 atom stereocenters. The molecule has 1 amide bonds. The molecule has 2 heterocycles. The Morgan fingerprint density at radius 3 is 2.51 bits per heavy atom. The Labute approximate surface area is 205 Å². The van der Waals surface area contributed by atoms with E-state index in [0.717, 1.165) is 35.1 Å². The van der Waals surface area contributed by atoms with E-state index < -0.39 is 11.1 Å². The van der Waals surface area contributed by atoms with Crippen molar-refractivity contribution in [3.63, 3.8) is 0 Å². The Kier molecular flexibility index (Phi) is 7.84. The number of carbonyl (C=O) groups is 2. The first kappa shape index (κ1) is 24.5. The van der Waals surface area contributed by atoms with Gasteiger partial charge in [0.05, 0.1) is 30.5 Å². The number of hydrazone groups is 1. The third-order valence-corrected chi connectivity index (χ3v) is 6.60. The number of H-pyrrole nitrogens is 1. The number of nitrogens with zero attached hydrogens (tertiary/aromatic N) is 3. The minimum Gasteiger partial charge on any atom is -0.341 e. The predicted octanol–water partition coefficient (Wildman–Crippen LogP) is 3.59. The highest BCUT2D eigenvalue weighted by Gasteiger charge is 2.30. The van der Waals surface area contributed by atoms with Gasteiger partial charge in [-0.1, -0.05) is 43.3 Å². The predicted molar refractivity (Wildman–Crippen MR) is 134 cm³/mol. The first-order valence-corrected chi connectivity index (χ1v) is 12.6. The van der Waals surface area contributed by atoms with Crippen LogP contribution in [0.5, 0.6) is 0 Å². The van der Waals surface area contributed by atoms with Gasteiger partial charge in [0, 0.05) is 11.6 Å². The molecule has 3 aromatic rings. The van der Waals surface area contributed by atoms with Gasteiger partial charge < -0.3 is 19.6 Å². The molecule has 1 aromatic heterocycles. The Hall–Kier alpha value is -3.63. The van der Waals surface area contributed by atoms with Gasteiger partial charge in [0.15, 0.2) is 11.1 Å². The summed E-state index contributed by atoms with van der Waals surface area (Å²) in [4.78, 5) is 30.7. The first-order valence-electron chi connectivity index (χ1n) is 11.3. The van der Waals surface area contributed by atoms with Gasteiger partial charge in [0.25, 0.3) is 5.91 Å². The highest BCUT2D eigenvalue weighted by Crippen LogP contribution is 2.28. The summed E-state index contributed by atoms with van der Waals surface area (Å²) in [6.45, 7) is 2.52. The Morgan fingerprint density at radius 2 is 1.91 bits per heavy atom. The van der Waals surface area contributed by atoms with Crippen LogP contribution in [0.15, 0.2) is 66.2 Å². The molecule has 1 aliphatic heterocycles. The molecule has 0 saturated carbocycles. The van der Waals surface area contributed by atoms with Crippen LogP contribution >= 0.6 is 0 Å². The average molecular weight is 494 g/mol. The summed E-state index contributed by atoms with van der Waals surface area (Å²) in [5.74, 6) is -0.0514. The van der Waals surface area contributed by atoms with Crippen LogP contribution in [0.25, 0.3) is 0 Å². The van der Waals surface area contributed by atoms with Crippen molar-refractivity contribution in [1.82, 2.24) is 15.0 Å². The van der Waals surface area contributed by atoms with Crippen LogP contribution in [0, 0.1) is 5.92 Å². The van der Waals surface area contributed by atoms with Gasteiger partial charge in [0.2, 0.25) is 0 Å². The summed E-state index contributed by atoms with van der Waals surface area (Å²) in [6, 6.07) is 14.6. The van der Waals surface area contributed by atoms with Crippen molar-refractivity contribution in [2.75, 3.05) is 5.32 Å². The molecule has 0 radical (unpaired) electrons. The van der Waals surface area contributed by atoms with E-state index in [1.165, 1.54) is 12.5 Å². The van der Waals surface area contributed by atoms with E-state index in [1.807, 2.05) is 53.5 Å². The number of imidazole rings is 1. The van der Waals surface area contributed by atoms with E-state index >= 15 is 0 Å². The first-order chi connectivity index (χ1) is 17.0. The maximum Gasteiger partial charge on any atom is 0.273 e. The molecule has 0 saturated heterocycles. The Balaban J connectivity index is 1.51. The van der Waals surface area contributed by atoms with Gasteiger partial charge in [-0.2, -0.15) is 5.10 Å². The SMILES string of the molecule is CCC1CC(C=O)N(Cc2ccc(NC(=O)c3cnc[nH]3)cc2)N=C1c1ccc(CS(=O)O)cc1. The minimum atomic E-state index is -1.89. The third-order valence-electron chi connectivity index (χ3n) is 6.02. The molecule has 182 valence electrons. The fraction of sp³-hybridized carbons (Fsp3) is 0.280. The van der Waals surface area contributed by atoms with Crippen LogP contribution in [-0.4, -0.2) is 47.7 Å². The van der Waals surface area contributed by atoms with Crippen molar-refractivity contribution in [3.8, 4) is 0 Å². The maximum absolute atomic E-state index is 12.2. The van der Waals surface area contributed by atoms with E-state index in [0.29, 0.717) is 24.3 Å². The lowest BCUT2D eigenvalue weighted by Gasteiger charge is -2.35. The number of rotatable bonds is 9. The zero-order valence-electron chi connectivity index (χ0n) is 19.3. The molecule has 35 heavy (non-hydrogen) atoms. The molecular formula is C25H27N5O4S. The summed E-state index contributed by atoms with van der Waals surface area (Å²) in [6.07, 6.45) is 5.37. The fourth-order valence-electron chi connectivity index (χ4n) is 4.12. The minimum absolute atomic E-state index is 0.0850. The molecule has 3 unspecified atom stereocenters. The second kappa shape index (κ2) is 11.2. The van der Waals surface area contributed by atoms with E-state index in [4.69, 9.17) is 9.65 Å². The number of aldehydes is 1. The van der Waals surface area contributed by atoms with Gasteiger partial charge in [-0.05, 0) is 41.7 Å². The lowest BCUT2D eigenvalue weighted by molar-refractivity contribution is -0.113. The number of hydrogen-bond acceptors (Lipinski definition) is 6. The molecule has 2 aromatic carbocycles. The van der Waals surface area contributed by atoms with Gasteiger partial charge >= 0.3 is 0 Å². The molecule has 0 spiro atoms. The van der Waals surface area contributed by atoms with Gasteiger partial charge in [-0.25, -0.2) is 9.19 Å². The normalized spacial score (nSPS) is 18.6. The zero-order valence-corrected chi connectivity index (χ0v) is 20.1. The summed E-state index contributed by atoms with van der Waals surface area (Å²) in [7, 11) is 0. The standard InChI is InChI=1S/C25H27N5O4S/c1-2-19-11-22(14-31)30(29-24(19)20-7-3-18(4-8-20)15-35(33)34)13-17-5-9-21(10-6-17)28-25(32)23-12-26-16-27-23/h3-10,12,14,16,19,22H,2,11,13,15H2,1H3,(H,26,27)(H,28,32)(H,33,34). The summed E-state index contributed by atoms with van der Waals surface area (Å²) in [5, 5.41) is 9.50. The van der Waals surface area contributed by atoms with Crippen molar-refractivity contribution < 1.29 is 18.4 Å². The van der Waals surface area contributed by atoms with Gasteiger partial charge in [0.1, 0.15) is 18.0 Å². The molecule has 10 heteroatoms.